The molecule has 20 heavy (non-hydrogen) atoms. The molecule has 1 aromatic heterocycles. The Hall–Kier alpha value is -1.19. The fraction of sp³-hybridized carbons (Fsp3) is 0.400. The number of rotatable bonds is 6. The Labute approximate surface area is 129 Å². The minimum absolute atomic E-state index is 0.375. The number of nitrogen functional groups attached to an aromatic ring is 1. The van der Waals surface area contributed by atoms with E-state index >= 15 is 0 Å². The third-order valence-electron chi connectivity index (χ3n) is 3.25. The maximum absolute atomic E-state index is 6.24. The summed E-state index contributed by atoms with van der Waals surface area (Å²) in [6.45, 7) is 2.19. The molecule has 2 rings (SSSR count). The molecule has 0 aliphatic carbocycles. The van der Waals surface area contributed by atoms with Gasteiger partial charge in [-0.3, -0.25) is 0 Å². The van der Waals surface area contributed by atoms with Gasteiger partial charge in [0.2, 0.25) is 0 Å². The SMILES string of the molecule is CCCCCCc1onc(N)c1-c1ccc(Cl)cc1Cl. The van der Waals surface area contributed by atoms with E-state index < -0.39 is 0 Å². The number of unbranched alkanes of at least 4 members (excludes halogenated alkanes) is 3. The molecule has 0 unspecified atom stereocenters. The number of anilines is 1. The van der Waals surface area contributed by atoms with Crippen molar-refractivity contribution in [3.8, 4) is 11.1 Å². The second-order valence-corrected chi connectivity index (χ2v) is 5.64. The summed E-state index contributed by atoms with van der Waals surface area (Å²) in [5, 5.41) is 5.02. The molecule has 108 valence electrons. The average Bonchev–Trinajstić information content (AvgIpc) is 2.76. The summed E-state index contributed by atoms with van der Waals surface area (Å²) in [6, 6.07) is 5.34. The summed E-state index contributed by atoms with van der Waals surface area (Å²) >= 11 is 12.2. The molecular weight excluding hydrogens is 295 g/mol. The Bertz CT molecular complexity index is 581. The van der Waals surface area contributed by atoms with Crippen LogP contribution in [0.5, 0.6) is 0 Å². The third-order valence-corrected chi connectivity index (χ3v) is 3.79. The van der Waals surface area contributed by atoms with Crippen molar-refractivity contribution in [3.05, 3.63) is 34.0 Å². The standard InChI is InChI=1S/C15H18Cl2N2O/c1-2-3-4-5-6-13-14(15(18)19-20-13)11-8-7-10(16)9-12(11)17/h7-9H,2-6H2,1H3,(H2,18,19). The molecule has 0 bridgehead atoms. The van der Waals surface area contributed by atoms with E-state index in [0.29, 0.717) is 15.9 Å². The lowest BCUT2D eigenvalue weighted by Crippen LogP contribution is -1.92. The maximum atomic E-state index is 6.24. The molecule has 0 aliphatic rings. The minimum Gasteiger partial charge on any atom is -0.380 e. The second-order valence-electron chi connectivity index (χ2n) is 4.80. The molecule has 0 atom stereocenters. The first-order valence-electron chi connectivity index (χ1n) is 6.83. The first-order chi connectivity index (χ1) is 9.63. The molecule has 2 aromatic rings. The lowest BCUT2D eigenvalue weighted by molar-refractivity contribution is 0.382. The first kappa shape index (κ1) is 15.2. The summed E-state index contributed by atoms with van der Waals surface area (Å²) in [5.41, 5.74) is 7.53. The molecule has 2 N–H and O–H groups in total. The lowest BCUT2D eigenvalue weighted by atomic mass is 10.0. The molecule has 0 aliphatic heterocycles. The maximum Gasteiger partial charge on any atom is 0.175 e. The van der Waals surface area contributed by atoms with Crippen LogP contribution in [0.4, 0.5) is 5.82 Å². The number of nitrogens with zero attached hydrogens (tertiary/aromatic N) is 1. The predicted molar refractivity (Wildman–Crippen MR) is 84.2 cm³/mol. The van der Waals surface area contributed by atoms with Crippen molar-refractivity contribution in [2.24, 2.45) is 0 Å². The number of halogens is 2. The van der Waals surface area contributed by atoms with E-state index in [1.54, 1.807) is 12.1 Å². The predicted octanol–water partition coefficient (Wildman–Crippen LogP) is 5.35. The van der Waals surface area contributed by atoms with Crippen LogP contribution in [0.2, 0.25) is 10.0 Å². The van der Waals surface area contributed by atoms with Crippen LogP contribution in [0.3, 0.4) is 0 Å². The molecule has 0 saturated heterocycles. The van der Waals surface area contributed by atoms with E-state index in [4.69, 9.17) is 33.5 Å². The van der Waals surface area contributed by atoms with Crippen LogP contribution >= 0.6 is 23.2 Å². The fourth-order valence-corrected chi connectivity index (χ4v) is 2.70. The Kier molecular flexibility index (Phi) is 5.32. The van der Waals surface area contributed by atoms with Crippen molar-refractivity contribution < 1.29 is 4.52 Å². The monoisotopic (exact) mass is 312 g/mol. The van der Waals surface area contributed by atoms with Gasteiger partial charge in [-0.1, -0.05) is 60.6 Å². The largest absolute Gasteiger partial charge is 0.380 e. The number of hydrogen-bond acceptors (Lipinski definition) is 3. The fourth-order valence-electron chi connectivity index (χ4n) is 2.20. The van der Waals surface area contributed by atoms with Crippen LogP contribution in [-0.2, 0) is 6.42 Å². The molecule has 5 heteroatoms. The number of hydrogen-bond donors (Lipinski definition) is 1. The number of aryl methyl sites for hydroxylation is 1. The molecule has 0 spiro atoms. The van der Waals surface area contributed by atoms with Gasteiger partial charge in [0.25, 0.3) is 0 Å². The lowest BCUT2D eigenvalue weighted by Gasteiger charge is -2.05. The second kappa shape index (κ2) is 7.00. The van der Waals surface area contributed by atoms with Crippen molar-refractivity contribution in [2.75, 3.05) is 5.73 Å². The number of aromatic nitrogens is 1. The summed E-state index contributed by atoms with van der Waals surface area (Å²) in [7, 11) is 0. The highest BCUT2D eigenvalue weighted by Crippen LogP contribution is 2.36. The smallest absolute Gasteiger partial charge is 0.175 e. The molecule has 3 nitrogen and oxygen atoms in total. The zero-order valence-electron chi connectivity index (χ0n) is 11.5. The Morgan fingerprint density at radius 1 is 1.20 bits per heavy atom. The van der Waals surface area contributed by atoms with Crippen molar-refractivity contribution in [2.45, 2.75) is 39.0 Å². The zero-order valence-corrected chi connectivity index (χ0v) is 13.0. The highest BCUT2D eigenvalue weighted by Gasteiger charge is 2.18. The quantitative estimate of drug-likeness (QED) is 0.731. The normalized spacial score (nSPS) is 10.9. The van der Waals surface area contributed by atoms with Crippen LogP contribution in [0.1, 0.15) is 38.4 Å². The molecule has 0 saturated carbocycles. The summed E-state index contributed by atoms with van der Waals surface area (Å²) in [5.74, 6) is 1.17. The number of nitrogens with two attached hydrogens (primary N) is 1. The molecule has 0 radical (unpaired) electrons. The van der Waals surface area contributed by atoms with Crippen molar-refractivity contribution in [1.82, 2.24) is 5.16 Å². The van der Waals surface area contributed by atoms with Crippen LogP contribution in [0, 0.1) is 0 Å². The van der Waals surface area contributed by atoms with Gasteiger partial charge in [-0.15, -0.1) is 0 Å². The molecule has 0 amide bonds. The van der Waals surface area contributed by atoms with Gasteiger partial charge in [0.15, 0.2) is 5.82 Å². The zero-order chi connectivity index (χ0) is 14.5. The minimum atomic E-state index is 0.375. The van der Waals surface area contributed by atoms with E-state index in [0.717, 1.165) is 29.7 Å². The van der Waals surface area contributed by atoms with Gasteiger partial charge in [0, 0.05) is 17.0 Å². The van der Waals surface area contributed by atoms with Crippen molar-refractivity contribution in [1.29, 1.82) is 0 Å². The van der Waals surface area contributed by atoms with Gasteiger partial charge in [0.1, 0.15) is 5.76 Å². The van der Waals surface area contributed by atoms with Gasteiger partial charge in [0.05, 0.1) is 10.6 Å². The average molecular weight is 313 g/mol. The van der Waals surface area contributed by atoms with E-state index in [2.05, 4.69) is 12.1 Å². The van der Waals surface area contributed by atoms with Gasteiger partial charge < -0.3 is 10.3 Å². The van der Waals surface area contributed by atoms with E-state index in [1.165, 1.54) is 19.3 Å². The number of benzene rings is 1. The van der Waals surface area contributed by atoms with Crippen LogP contribution < -0.4 is 5.73 Å². The molecular formula is C15H18Cl2N2O. The van der Waals surface area contributed by atoms with Crippen molar-refractivity contribution >= 4 is 29.0 Å². The van der Waals surface area contributed by atoms with Crippen molar-refractivity contribution in [3.63, 3.8) is 0 Å². The van der Waals surface area contributed by atoms with Gasteiger partial charge in [-0.25, -0.2) is 0 Å². The summed E-state index contributed by atoms with van der Waals surface area (Å²) in [4.78, 5) is 0. The highest BCUT2D eigenvalue weighted by atomic mass is 35.5. The van der Waals surface area contributed by atoms with Crippen LogP contribution in [0.15, 0.2) is 22.7 Å². The first-order valence-corrected chi connectivity index (χ1v) is 7.58. The van der Waals surface area contributed by atoms with E-state index in [1.807, 2.05) is 6.07 Å². The van der Waals surface area contributed by atoms with Gasteiger partial charge in [-0.05, 0) is 18.6 Å². The summed E-state index contributed by atoms with van der Waals surface area (Å²) in [6.07, 6.45) is 5.47. The Morgan fingerprint density at radius 2 is 2.00 bits per heavy atom. The Morgan fingerprint density at radius 3 is 2.70 bits per heavy atom. The Balaban J connectivity index is 2.24. The molecule has 1 heterocycles. The highest BCUT2D eigenvalue weighted by molar-refractivity contribution is 6.36. The van der Waals surface area contributed by atoms with Crippen LogP contribution in [-0.4, -0.2) is 5.16 Å². The summed E-state index contributed by atoms with van der Waals surface area (Å²) < 4.78 is 5.35. The van der Waals surface area contributed by atoms with Gasteiger partial charge >= 0.3 is 0 Å². The third kappa shape index (κ3) is 3.47. The topological polar surface area (TPSA) is 52.0 Å². The van der Waals surface area contributed by atoms with Gasteiger partial charge in [-0.2, -0.15) is 0 Å². The van der Waals surface area contributed by atoms with E-state index in [9.17, 15) is 0 Å². The van der Waals surface area contributed by atoms with E-state index in [-0.39, 0.29) is 0 Å². The molecule has 0 fully saturated rings. The van der Waals surface area contributed by atoms with Crippen LogP contribution in [0.25, 0.3) is 11.1 Å². The molecule has 1 aromatic carbocycles.